The first-order valence-corrected chi connectivity index (χ1v) is 12.5. The van der Waals surface area contributed by atoms with E-state index in [1.54, 1.807) is 18.5 Å². The van der Waals surface area contributed by atoms with Crippen molar-refractivity contribution in [2.75, 3.05) is 0 Å². The molecule has 3 heterocycles. The number of aromatic nitrogens is 3. The second kappa shape index (κ2) is 8.46. The van der Waals surface area contributed by atoms with Gasteiger partial charge in [0.1, 0.15) is 11.9 Å². The number of fused-ring (bicyclic) bond motifs is 1. The number of rotatable bonds is 4. The quantitative estimate of drug-likeness (QED) is 0.464. The third-order valence-electron chi connectivity index (χ3n) is 8.24. The lowest BCUT2D eigenvalue weighted by Gasteiger charge is -2.50. The lowest BCUT2D eigenvalue weighted by molar-refractivity contribution is -0.132. The van der Waals surface area contributed by atoms with Crippen molar-refractivity contribution in [1.29, 1.82) is 0 Å². The summed E-state index contributed by atoms with van der Waals surface area (Å²) in [6.45, 7) is 3.99. The van der Waals surface area contributed by atoms with Gasteiger partial charge in [0.2, 0.25) is 5.91 Å². The maximum absolute atomic E-state index is 13.6. The maximum Gasteiger partial charge on any atom is 0.227 e. The summed E-state index contributed by atoms with van der Waals surface area (Å²) in [5.41, 5.74) is 12.0. The van der Waals surface area contributed by atoms with E-state index in [9.17, 15) is 9.90 Å². The molecule has 35 heavy (non-hydrogen) atoms. The molecule has 6 rings (SSSR count). The minimum absolute atomic E-state index is 0.0391. The minimum Gasteiger partial charge on any atom is -0.508 e. The summed E-state index contributed by atoms with van der Waals surface area (Å²) < 4.78 is 2.07. The van der Waals surface area contributed by atoms with Gasteiger partial charge in [-0.15, -0.1) is 0 Å². The van der Waals surface area contributed by atoms with Crippen molar-refractivity contribution in [3.05, 3.63) is 76.9 Å². The molecule has 182 valence electrons. The maximum atomic E-state index is 13.6. The highest BCUT2D eigenvalue weighted by molar-refractivity contribution is 5.82. The smallest absolute Gasteiger partial charge is 0.227 e. The van der Waals surface area contributed by atoms with Crippen LogP contribution in [0.2, 0.25) is 0 Å². The van der Waals surface area contributed by atoms with Crippen LogP contribution in [0.5, 0.6) is 5.75 Å². The van der Waals surface area contributed by atoms with Crippen LogP contribution in [0.15, 0.2) is 49.1 Å². The van der Waals surface area contributed by atoms with Crippen molar-refractivity contribution in [1.82, 2.24) is 25.4 Å². The molecule has 6 atom stereocenters. The van der Waals surface area contributed by atoms with Crippen molar-refractivity contribution in [3.8, 4) is 5.75 Å². The molecule has 0 radical (unpaired) electrons. The number of pyridine rings is 1. The summed E-state index contributed by atoms with van der Waals surface area (Å²) in [5.74, 6) is -0.205. The van der Waals surface area contributed by atoms with Crippen molar-refractivity contribution in [3.63, 3.8) is 0 Å². The van der Waals surface area contributed by atoms with E-state index in [4.69, 9.17) is 5.73 Å². The van der Waals surface area contributed by atoms with Crippen LogP contribution in [0.1, 0.15) is 71.1 Å². The van der Waals surface area contributed by atoms with E-state index in [2.05, 4.69) is 38.5 Å². The summed E-state index contributed by atoms with van der Waals surface area (Å²) in [7, 11) is 0. The second-order valence-electron chi connectivity index (χ2n) is 10.4. The van der Waals surface area contributed by atoms with Crippen molar-refractivity contribution in [2.45, 2.75) is 69.2 Å². The van der Waals surface area contributed by atoms with Crippen LogP contribution in [0.3, 0.4) is 0 Å². The van der Waals surface area contributed by atoms with Gasteiger partial charge in [-0.2, -0.15) is 5.10 Å². The SMILES string of the molecule is Cc1ccc(O)c(C)c1C1CC(c2cnn(C3CC3)c2)C2NC(c3ccncc3)NC(=O)C2C1N. The average Bonchev–Trinajstić information content (AvgIpc) is 3.60. The highest BCUT2D eigenvalue weighted by atomic mass is 16.3. The molecular weight excluding hydrogens is 440 g/mol. The Morgan fingerprint density at radius 3 is 2.60 bits per heavy atom. The van der Waals surface area contributed by atoms with Gasteiger partial charge in [0, 0.05) is 42.5 Å². The Hall–Kier alpha value is -3.23. The van der Waals surface area contributed by atoms with Crippen molar-refractivity contribution >= 4 is 5.91 Å². The summed E-state index contributed by atoms with van der Waals surface area (Å²) in [4.78, 5) is 17.7. The van der Waals surface area contributed by atoms with Crippen LogP contribution in [0.25, 0.3) is 0 Å². The Morgan fingerprint density at radius 2 is 1.86 bits per heavy atom. The van der Waals surface area contributed by atoms with Gasteiger partial charge >= 0.3 is 0 Å². The first kappa shape index (κ1) is 22.2. The zero-order chi connectivity index (χ0) is 24.3. The molecule has 5 N–H and O–H groups in total. The van der Waals surface area contributed by atoms with Crippen LogP contribution in [-0.2, 0) is 4.79 Å². The summed E-state index contributed by atoms with van der Waals surface area (Å²) in [6, 6.07) is 7.48. The zero-order valence-electron chi connectivity index (χ0n) is 20.1. The van der Waals surface area contributed by atoms with Gasteiger partial charge in [0.05, 0.1) is 18.2 Å². The highest BCUT2D eigenvalue weighted by Gasteiger charge is 2.51. The first-order valence-electron chi connectivity index (χ1n) is 12.5. The first-order chi connectivity index (χ1) is 16.9. The molecule has 2 saturated carbocycles. The number of aromatic hydroxyl groups is 1. The number of aryl methyl sites for hydroxylation is 1. The fourth-order valence-corrected chi connectivity index (χ4v) is 6.24. The van der Waals surface area contributed by atoms with E-state index in [0.29, 0.717) is 6.04 Å². The Morgan fingerprint density at radius 1 is 1.09 bits per heavy atom. The normalized spacial score (nSPS) is 30.5. The molecular formula is C27H32N6O2. The number of nitrogens with zero attached hydrogens (tertiary/aromatic N) is 3. The topological polar surface area (TPSA) is 118 Å². The molecule has 1 amide bonds. The Bertz CT molecular complexity index is 1250. The molecule has 3 aromatic rings. The van der Waals surface area contributed by atoms with Gasteiger partial charge in [-0.1, -0.05) is 6.07 Å². The summed E-state index contributed by atoms with van der Waals surface area (Å²) >= 11 is 0. The molecule has 1 aliphatic heterocycles. The van der Waals surface area contributed by atoms with Crippen LogP contribution >= 0.6 is 0 Å². The molecule has 8 heteroatoms. The fourth-order valence-electron chi connectivity index (χ4n) is 6.24. The molecule has 1 saturated heterocycles. The molecule has 1 aromatic carbocycles. The molecule has 0 spiro atoms. The molecule has 6 unspecified atom stereocenters. The summed E-state index contributed by atoms with van der Waals surface area (Å²) in [5, 5.41) is 22.0. The van der Waals surface area contributed by atoms with Gasteiger partial charge in [-0.25, -0.2) is 0 Å². The van der Waals surface area contributed by atoms with E-state index < -0.39 is 5.92 Å². The molecule has 2 aromatic heterocycles. The standard InChI is InChI=1S/C27H32N6O2/c1-14-3-6-21(34)15(2)22(14)20-11-19(17-12-30-33(13-17)18-4-5-18)25-23(24(20)28)27(35)32-26(31-25)16-7-9-29-10-8-16/h3,6-10,12-13,18-20,23-26,31,34H,4-5,11,28H2,1-2H3,(H,32,35). The monoisotopic (exact) mass is 472 g/mol. The molecule has 2 aliphatic carbocycles. The van der Waals surface area contributed by atoms with Gasteiger partial charge in [0.15, 0.2) is 0 Å². The van der Waals surface area contributed by atoms with Crippen LogP contribution < -0.4 is 16.4 Å². The number of benzene rings is 1. The molecule has 3 aliphatic rings. The molecule has 3 fully saturated rings. The zero-order valence-corrected chi connectivity index (χ0v) is 20.1. The predicted molar refractivity (Wildman–Crippen MR) is 132 cm³/mol. The largest absolute Gasteiger partial charge is 0.508 e. The number of phenolic OH excluding ortho intramolecular Hbond substituents is 1. The number of carbonyl (C=O) groups excluding carboxylic acids is 1. The number of hydrogen-bond donors (Lipinski definition) is 4. The fraction of sp³-hybridized carbons (Fsp3) is 0.444. The average molecular weight is 473 g/mol. The lowest BCUT2D eigenvalue weighted by atomic mass is 9.63. The highest BCUT2D eigenvalue weighted by Crippen LogP contribution is 2.48. The number of phenols is 1. The van der Waals surface area contributed by atoms with E-state index in [1.165, 1.54) is 0 Å². The molecule has 0 bridgehead atoms. The molecule has 8 nitrogen and oxygen atoms in total. The van der Waals surface area contributed by atoms with Crippen LogP contribution in [-0.4, -0.2) is 37.9 Å². The van der Waals surface area contributed by atoms with Crippen molar-refractivity contribution in [2.24, 2.45) is 11.7 Å². The third-order valence-corrected chi connectivity index (χ3v) is 8.24. The predicted octanol–water partition coefficient (Wildman–Crippen LogP) is 2.94. The number of carbonyl (C=O) groups is 1. The Kier molecular flexibility index (Phi) is 5.38. The number of nitrogens with two attached hydrogens (primary N) is 1. The van der Waals surface area contributed by atoms with Gasteiger partial charge < -0.3 is 16.2 Å². The van der Waals surface area contributed by atoms with E-state index >= 15 is 0 Å². The van der Waals surface area contributed by atoms with E-state index in [0.717, 1.165) is 47.1 Å². The van der Waals surface area contributed by atoms with Crippen molar-refractivity contribution < 1.29 is 9.90 Å². The number of amides is 1. The van der Waals surface area contributed by atoms with Gasteiger partial charge in [0.25, 0.3) is 0 Å². The van der Waals surface area contributed by atoms with E-state index in [-0.39, 0.29) is 41.7 Å². The van der Waals surface area contributed by atoms with Gasteiger partial charge in [-0.05, 0) is 79.1 Å². The third kappa shape index (κ3) is 3.81. The summed E-state index contributed by atoms with van der Waals surface area (Å²) in [6.07, 6.45) is 10.4. The number of nitrogens with one attached hydrogen (secondary N) is 2. The minimum atomic E-state index is -0.415. The van der Waals surface area contributed by atoms with Gasteiger partial charge in [-0.3, -0.25) is 19.8 Å². The second-order valence-corrected chi connectivity index (χ2v) is 10.4. The van der Waals surface area contributed by atoms with E-state index in [1.807, 2.05) is 31.3 Å². The van der Waals surface area contributed by atoms with Crippen LogP contribution in [0, 0.1) is 19.8 Å². The number of hydrogen-bond acceptors (Lipinski definition) is 6. The Balaban J connectivity index is 1.42. The lowest BCUT2D eigenvalue weighted by Crippen LogP contribution is -2.66. The Labute approximate surface area is 204 Å². The van der Waals surface area contributed by atoms with Crippen LogP contribution in [0.4, 0.5) is 0 Å².